The van der Waals surface area contributed by atoms with Crippen LogP contribution in [0.2, 0.25) is 0 Å². The van der Waals surface area contributed by atoms with E-state index in [0.29, 0.717) is 12.4 Å². The Hall–Kier alpha value is -1.58. The van der Waals surface area contributed by atoms with Crippen molar-refractivity contribution in [3.05, 3.63) is 28.7 Å². The zero-order chi connectivity index (χ0) is 11.3. The topological polar surface area (TPSA) is 48.3 Å². The Morgan fingerprint density at radius 1 is 1.53 bits per heavy atom. The minimum atomic E-state index is -0.249. The van der Waals surface area contributed by atoms with Crippen LogP contribution in [0.15, 0.2) is 23.1 Å². The van der Waals surface area contributed by atoms with E-state index in [1.807, 2.05) is 6.92 Å². The lowest BCUT2D eigenvalue weighted by Gasteiger charge is -2.07. The molecular formula is C11H15NO3. The van der Waals surface area contributed by atoms with Crippen LogP contribution in [0, 0.1) is 0 Å². The van der Waals surface area contributed by atoms with Gasteiger partial charge >= 0.3 is 0 Å². The van der Waals surface area contributed by atoms with Crippen molar-refractivity contribution < 1.29 is 9.53 Å². The Balaban J connectivity index is 2.90. The Bertz CT molecular complexity index is 395. The molecule has 4 heteroatoms. The van der Waals surface area contributed by atoms with Gasteiger partial charge in [0.25, 0.3) is 5.56 Å². The van der Waals surface area contributed by atoms with Crippen LogP contribution in [-0.4, -0.2) is 17.0 Å². The molecule has 0 unspecified atom stereocenters. The molecule has 0 N–H and O–H groups in total. The van der Waals surface area contributed by atoms with E-state index in [2.05, 4.69) is 0 Å². The van der Waals surface area contributed by atoms with Gasteiger partial charge in [0, 0.05) is 6.20 Å². The number of ether oxygens (including phenoxy) is 1. The van der Waals surface area contributed by atoms with Crippen LogP contribution >= 0.6 is 0 Å². The van der Waals surface area contributed by atoms with Crippen LogP contribution in [0.1, 0.15) is 20.3 Å². The summed E-state index contributed by atoms with van der Waals surface area (Å²) in [5.41, 5.74) is -0.249. The van der Waals surface area contributed by atoms with Gasteiger partial charge in [-0.1, -0.05) is 6.92 Å². The van der Waals surface area contributed by atoms with Gasteiger partial charge in [-0.3, -0.25) is 9.59 Å². The Labute approximate surface area is 88.5 Å². The summed E-state index contributed by atoms with van der Waals surface area (Å²) in [6.45, 7) is 4.03. The molecule has 1 aromatic heterocycles. The second kappa shape index (κ2) is 5.34. The van der Waals surface area contributed by atoms with Gasteiger partial charge in [-0.15, -0.1) is 0 Å². The molecule has 1 heterocycles. The quantitative estimate of drug-likeness (QED) is 0.732. The second-order valence-electron chi connectivity index (χ2n) is 3.36. The van der Waals surface area contributed by atoms with Crippen LogP contribution in [0.3, 0.4) is 0 Å². The zero-order valence-corrected chi connectivity index (χ0v) is 9.03. The monoisotopic (exact) mass is 209 g/mol. The van der Waals surface area contributed by atoms with Crippen molar-refractivity contribution in [2.45, 2.75) is 26.8 Å². The highest BCUT2D eigenvalue weighted by Gasteiger charge is 2.04. The smallest absolute Gasteiger partial charge is 0.293 e. The number of ketones is 1. The summed E-state index contributed by atoms with van der Waals surface area (Å²) < 4.78 is 6.62. The lowest BCUT2D eigenvalue weighted by molar-refractivity contribution is -0.117. The van der Waals surface area contributed by atoms with Gasteiger partial charge in [0.2, 0.25) is 0 Å². The van der Waals surface area contributed by atoms with E-state index >= 15 is 0 Å². The van der Waals surface area contributed by atoms with Gasteiger partial charge in [-0.2, -0.15) is 0 Å². The summed E-state index contributed by atoms with van der Waals surface area (Å²) >= 11 is 0. The normalized spacial score (nSPS) is 10.0. The first kappa shape index (κ1) is 11.5. The van der Waals surface area contributed by atoms with Crippen LogP contribution in [0.25, 0.3) is 0 Å². The molecule has 0 bridgehead atoms. The number of nitrogens with zero attached hydrogens (tertiary/aromatic N) is 1. The first-order chi connectivity index (χ1) is 7.15. The third-order valence-electron chi connectivity index (χ3n) is 1.84. The fourth-order valence-corrected chi connectivity index (χ4v) is 1.20. The highest BCUT2D eigenvalue weighted by molar-refractivity contribution is 5.75. The molecule has 1 aromatic rings. The molecule has 0 saturated heterocycles. The molecule has 0 radical (unpaired) electrons. The van der Waals surface area contributed by atoms with Gasteiger partial charge in [0.05, 0.1) is 13.2 Å². The van der Waals surface area contributed by atoms with E-state index < -0.39 is 0 Å². The predicted octanol–water partition coefficient (Wildman–Crippen LogP) is 1.23. The molecule has 0 aromatic carbocycles. The van der Waals surface area contributed by atoms with Gasteiger partial charge in [-0.25, -0.2) is 0 Å². The number of carbonyl (C=O) groups excluding carboxylic acids is 1. The number of rotatable bonds is 5. The molecule has 82 valence electrons. The molecule has 0 fully saturated rings. The average Bonchev–Trinajstić information content (AvgIpc) is 2.19. The minimum absolute atomic E-state index is 0.0512. The van der Waals surface area contributed by atoms with Crippen molar-refractivity contribution in [2.75, 3.05) is 6.61 Å². The molecule has 15 heavy (non-hydrogen) atoms. The third-order valence-corrected chi connectivity index (χ3v) is 1.84. The minimum Gasteiger partial charge on any atom is -0.488 e. The fourth-order valence-electron chi connectivity index (χ4n) is 1.20. The van der Waals surface area contributed by atoms with E-state index in [9.17, 15) is 9.59 Å². The number of Topliss-reactive ketones (excluding diaryl/α,β-unsaturated/α-hetero) is 1. The van der Waals surface area contributed by atoms with Crippen molar-refractivity contribution in [1.82, 2.24) is 4.57 Å². The molecule has 4 nitrogen and oxygen atoms in total. The second-order valence-corrected chi connectivity index (χ2v) is 3.36. The van der Waals surface area contributed by atoms with Gasteiger partial charge in [0.15, 0.2) is 5.75 Å². The molecule has 0 spiro atoms. The highest BCUT2D eigenvalue weighted by atomic mass is 16.5. The molecule has 1 rings (SSSR count). The van der Waals surface area contributed by atoms with Crippen molar-refractivity contribution in [3.63, 3.8) is 0 Å². The summed E-state index contributed by atoms with van der Waals surface area (Å²) in [4.78, 5) is 22.6. The van der Waals surface area contributed by atoms with Gasteiger partial charge < -0.3 is 9.30 Å². The first-order valence-corrected chi connectivity index (χ1v) is 4.97. The molecule has 0 aliphatic heterocycles. The average molecular weight is 209 g/mol. The molecule has 0 saturated carbocycles. The SMILES string of the molecule is CCCOc1cccn(CC(C)=O)c1=O. The number of hydrogen-bond acceptors (Lipinski definition) is 3. The lowest BCUT2D eigenvalue weighted by atomic mass is 10.4. The van der Waals surface area contributed by atoms with E-state index in [1.54, 1.807) is 18.3 Å². The molecule has 0 atom stereocenters. The van der Waals surface area contributed by atoms with Crippen molar-refractivity contribution in [3.8, 4) is 5.75 Å². The van der Waals surface area contributed by atoms with Crippen LogP contribution in [0.4, 0.5) is 0 Å². The van der Waals surface area contributed by atoms with Crippen molar-refractivity contribution >= 4 is 5.78 Å². The standard InChI is InChI=1S/C11H15NO3/c1-3-7-15-10-5-4-6-12(11(10)14)8-9(2)13/h4-6H,3,7-8H2,1-2H3. The maximum absolute atomic E-state index is 11.7. The van der Waals surface area contributed by atoms with Crippen LogP contribution < -0.4 is 10.3 Å². The zero-order valence-electron chi connectivity index (χ0n) is 9.03. The molecule has 0 amide bonds. The summed E-state index contributed by atoms with van der Waals surface area (Å²) in [6.07, 6.45) is 2.43. The maximum Gasteiger partial charge on any atom is 0.293 e. The van der Waals surface area contributed by atoms with Crippen molar-refractivity contribution in [2.24, 2.45) is 0 Å². The predicted molar refractivity (Wildman–Crippen MR) is 57.2 cm³/mol. The largest absolute Gasteiger partial charge is 0.488 e. The van der Waals surface area contributed by atoms with Gasteiger partial charge in [0.1, 0.15) is 5.78 Å². The number of hydrogen-bond donors (Lipinski definition) is 0. The fraction of sp³-hybridized carbons (Fsp3) is 0.455. The van der Waals surface area contributed by atoms with E-state index in [4.69, 9.17) is 4.74 Å². The highest BCUT2D eigenvalue weighted by Crippen LogP contribution is 2.02. The third kappa shape index (κ3) is 3.23. The molecule has 0 aliphatic rings. The Kier molecular flexibility index (Phi) is 4.09. The Morgan fingerprint density at radius 3 is 2.87 bits per heavy atom. The number of aromatic nitrogens is 1. The van der Waals surface area contributed by atoms with E-state index in [-0.39, 0.29) is 17.9 Å². The van der Waals surface area contributed by atoms with Crippen LogP contribution in [-0.2, 0) is 11.3 Å². The summed E-state index contributed by atoms with van der Waals surface area (Å²) in [5.74, 6) is 0.255. The number of pyridine rings is 1. The first-order valence-electron chi connectivity index (χ1n) is 4.97. The molecule has 0 aliphatic carbocycles. The number of carbonyl (C=O) groups is 1. The molecular weight excluding hydrogens is 194 g/mol. The van der Waals surface area contributed by atoms with Crippen molar-refractivity contribution in [1.29, 1.82) is 0 Å². The summed E-state index contributed by atoms with van der Waals surface area (Å²) in [6, 6.07) is 3.32. The maximum atomic E-state index is 11.7. The van der Waals surface area contributed by atoms with E-state index in [1.165, 1.54) is 11.5 Å². The lowest BCUT2D eigenvalue weighted by Crippen LogP contribution is -2.24. The summed E-state index contributed by atoms with van der Waals surface area (Å²) in [5, 5.41) is 0. The van der Waals surface area contributed by atoms with Gasteiger partial charge in [-0.05, 0) is 25.5 Å². The Morgan fingerprint density at radius 2 is 2.27 bits per heavy atom. The van der Waals surface area contributed by atoms with E-state index in [0.717, 1.165) is 6.42 Å². The van der Waals surface area contributed by atoms with Crippen LogP contribution in [0.5, 0.6) is 5.75 Å². The summed E-state index contributed by atoms with van der Waals surface area (Å²) in [7, 11) is 0.